The van der Waals surface area contributed by atoms with Crippen molar-refractivity contribution in [3.8, 4) is 11.8 Å². The summed E-state index contributed by atoms with van der Waals surface area (Å²) < 4.78 is 10.9. The fourth-order valence-corrected chi connectivity index (χ4v) is 2.80. The van der Waals surface area contributed by atoms with Gasteiger partial charge in [-0.15, -0.1) is 0 Å². The van der Waals surface area contributed by atoms with Crippen molar-refractivity contribution >= 4 is 35.2 Å². The second kappa shape index (κ2) is 12.0. The van der Waals surface area contributed by atoms with Gasteiger partial charge in [-0.2, -0.15) is 5.26 Å². The van der Waals surface area contributed by atoms with Crippen molar-refractivity contribution in [1.82, 2.24) is 15.6 Å². The van der Waals surface area contributed by atoms with Crippen LogP contribution in [0.2, 0.25) is 5.02 Å². The number of carbonyl (C=O) groups is 2. The molecule has 0 saturated carbocycles. The molecule has 170 valence electrons. The van der Waals surface area contributed by atoms with Gasteiger partial charge >= 0.3 is 12.1 Å². The fourth-order valence-electron chi connectivity index (χ4n) is 2.63. The molecule has 0 unspecified atom stereocenters. The molecule has 11 heteroatoms. The number of benzene rings is 1. The van der Waals surface area contributed by atoms with Gasteiger partial charge in [0.25, 0.3) is 0 Å². The van der Waals surface area contributed by atoms with Crippen LogP contribution in [0.1, 0.15) is 17.7 Å². The molecule has 0 aliphatic carbocycles. The number of aromatic nitrogens is 1. The summed E-state index contributed by atoms with van der Waals surface area (Å²) in [5.74, 6) is 1.37. The van der Waals surface area contributed by atoms with Crippen molar-refractivity contribution in [1.29, 1.82) is 5.26 Å². The number of halogens is 1. The van der Waals surface area contributed by atoms with E-state index in [4.69, 9.17) is 26.0 Å². The molecule has 2 aromatic heterocycles. The second-order valence-electron chi connectivity index (χ2n) is 6.65. The molecule has 3 rings (SSSR count). The lowest BCUT2D eigenvalue weighted by Crippen LogP contribution is -2.35. The van der Waals surface area contributed by atoms with E-state index in [0.717, 1.165) is 0 Å². The first-order valence-electron chi connectivity index (χ1n) is 9.94. The highest BCUT2D eigenvalue weighted by atomic mass is 35.5. The molecular weight excluding hydrogens is 448 g/mol. The Hall–Kier alpha value is -4.23. The standard InChI is InChI=1S/C22H21ClN6O4/c23-16-5-6-19(33-10-2-8-25-21(30)27-14-17-3-1-9-32-17)18(11-16)28-22(31)29-20-7-4-15(12-24)13-26-20/h1,3-7,9,11,13H,2,8,10,14H2,(H2,25,27,30)(H2,26,28,29,31). The average molecular weight is 469 g/mol. The Bertz CT molecular complexity index is 1110. The van der Waals surface area contributed by atoms with Gasteiger partial charge in [0.1, 0.15) is 23.4 Å². The summed E-state index contributed by atoms with van der Waals surface area (Å²) in [4.78, 5) is 28.1. The number of carbonyl (C=O) groups excluding carboxylic acids is 2. The van der Waals surface area contributed by atoms with Crippen LogP contribution in [0.25, 0.3) is 0 Å². The third-order valence-electron chi connectivity index (χ3n) is 4.19. The molecule has 0 saturated heterocycles. The molecule has 2 heterocycles. The second-order valence-corrected chi connectivity index (χ2v) is 7.09. The van der Waals surface area contributed by atoms with Crippen LogP contribution in [0.3, 0.4) is 0 Å². The molecular formula is C22H21ClN6O4. The highest BCUT2D eigenvalue weighted by Crippen LogP contribution is 2.28. The maximum absolute atomic E-state index is 12.3. The molecule has 0 aliphatic rings. The molecule has 0 fully saturated rings. The number of ether oxygens (including phenoxy) is 1. The van der Waals surface area contributed by atoms with E-state index in [9.17, 15) is 9.59 Å². The average Bonchev–Trinajstić information content (AvgIpc) is 3.33. The number of rotatable bonds is 9. The molecule has 0 spiro atoms. The zero-order chi connectivity index (χ0) is 23.5. The normalized spacial score (nSPS) is 10.1. The van der Waals surface area contributed by atoms with Crippen molar-refractivity contribution in [3.05, 3.63) is 71.3 Å². The van der Waals surface area contributed by atoms with E-state index in [1.54, 1.807) is 42.7 Å². The smallest absolute Gasteiger partial charge is 0.324 e. The van der Waals surface area contributed by atoms with Gasteiger partial charge in [0.15, 0.2) is 0 Å². The highest BCUT2D eigenvalue weighted by molar-refractivity contribution is 6.31. The van der Waals surface area contributed by atoms with Gasteiger partial charge in [0.2, 0.25) is 0 Å². The number of nitrogens with zero attached hydrogens (tertiary/aromatic N) is 2. The predicted molar refractivity (Wildman–Crippen MR) is 122 cm³/mol. The molecule has 1 aromatic carbocycles. The van der Waals surface area contributed by atoms with Gasteiger partial charge in [-0.1, -0.05) is 11.6 Å². The van der Waals surface area contributed by atoms with Crippen LogP contribution in [0.15, 0.2) is 59.3 Å². The summed E-state index contributed by atoms with van der Waals surface area (Å²) in [7, 11) is 0. The number of hydrogen-bond acceptors (Lipinski definition) is 6. The summed E-state index contributed by atoms with van der Waals surface area (Å²) >= 11 is 6.05. The van der Waals surface area contributed by atoms with Gasteiger partial charge in [-0.3, -0.25) is 5.32 Å². The molecule has 33 heavy (non-hydrogen) atoms. The van der Waals surface area contributed by atoms with Gasteiger partial charge < -0.3 is 25.1 Å². The van der Waals surface area contributed by atoms with Crippen molar-refractivity contribution in [3.63, 3.8) is 0 Å². The number of furan rings is 1. The number of hydrogen-bond donors (Lipinski definition) is 4. The van der Waals surface area contributed by atoms with Gasteiger partial charge in [0.05, 0.1) is 30.7 Å². The third kappa shape index (κ3) is 7.75. The lowest BCUT2D eigenvalue weighted by Gasteiger charge is -2.14. The van der Waals surface area contributed by atoms with Crippen molar-refractivity contribution in [2.75, 3.05) is 23.8 Å². The van der Waals surface area contributed by atoms with E-state index in [-0.39, 0.29) is 11.8 Å². The summed E-state index contributed by atoms with van der Waals surface area (Å²) in [6.07, 6.45) is 3.44. The zero-order valence-corrected chi connectivity index (χ0v) is 18.2. The summed E-state index contributed by atoms with van der Waals surface area (Å²) in [6, 6.07) is 12.5. The van der Waals surface area contributed by atoms with Crippen LogP contribution in [0.5, 0.6) is 5.75 Å². The van der Waals surface area contributed by atoms with Gasteiger partial charge in [-0.05, 0) is 48.9 Å². The molecule has 4 N–H and O–H groups in total. The first-order valence-corrected chi connectivity index (χ1v) is 10.3. The zero-order valence-electron chi connectivity index (χ0n) is 17.4. The molecule has 10 nitrogen and oxygen atoms in total. The topological polar surface area (TPSA) is 141 Å². The van der Waals surface area contributed by atoms with Crippen LogP contribution in [-0.2, 0) is 6.54 Å². The summed E-state index contributed by atoms with van der Waals surface area (Å²) in [5.41, 5.74) is 0.758. The largest absolute Gasteiger partial charge is 0.491 e. The number of nitrogens with one attached hydrogen (secondary N) is 4. The Balaban J connectivity index is 1.43. The minimum absolute atomic E-state index is 0.285. The van der Waals surface area contributed by atoms with E-state index < -0.39 is 6.03 Å². The Morgan fingerprint density at radius 1 is 1.12 bits per heavy atom. The Morgan fingerprint density at radius 3 is 2.73 bits per heavy atom. The lowest BCUT2D eigenvalue weighted by atomic mass is 10.3. The number of urea groups is 2. The Morgan fingerprint density at radius 2 is 2.00 bits per heavy atom. The first-order chi connectivity index (χ1) is 16.0. The summed E-state index contributed by atoms with van der Waals surface area (Å²) in [6.45, 7) is 0.994. The van der Waals surface area contributed by atoms with Crippen molar-refractivity contribution in [2.24, 2.45) is 0 Å². The molecule has 0 aliphatic heterocycles. The van der Waals surface area contributed by atoms with E-state index in [0.29, 0.717) is 53.9 Å². The maximum Gasteiger partial charge on any atom is 0.324 e. The van der Waals surface area contributed by atoms with E-state index in [1.807, 2.05) is 6.07 Å². The summed E-state index contributed by atoms with van der Waals surface area (Å²) in [5, 5.41) is 19.9. The van der Waals surface area contributed by atoms with Crippen LogP contribution < -0.4 is 26.0 Å². The van der Waals surface area contributed by atoms with Crippen molar-refractivity contribution < 1.29 is 18.7 Å². The number of amides is 4. The molecule has 4 amide bonds. The quantitative estimate of drug-likeness (QED) is 0.348. The third-order valence-corrected chi connectivity index (χ3v) is 4.43. The van der Waals surface area contributed by atoms with E-state index >= 15 is 0 Å². The highest BCUT2D eigenvalue weighted by Gasteiger charge is 2.10. The lowest BCUT2D eigenvalue weighted by molar-refractivity contribution is 0.237. The van der Waals surface area contributed by atoms with Crippen molar-refractivity contribution in [2.45, 2.75) is 13.0 Å². The monoisotopic (exact) mass is 468 g/mol. The first kappa shape index (κ1) is 23.4. The predicted octanol–water partition coefficient (Wildman–Crippen LogP) is 4.11. The van der Waals surface area contributed by atoms with Crippen LogP contribution >= 0.6 is 11.6 Å². The molecule has 3 aromatic rings. The van der Waals surface area contributed by atoms with E-state index in [2.05, 4.69) is 26.3 Å². The molecule has 0 bridgehead atoms. The SMILES string of the molecule is N#Cc1ccc(NC(=O)Nc2cc(Cl)ccc2OCCCNC(=O)NCc2ccco2)nc1. The van der Waals surface area contributed by atoms with Crippen LogP contribution in [0, 0.1) is 11.3 Å². The maximum atomic E-state index is 12.3. The number of nitriles is 1. The Kier molecular flexibility index (Phi) is 8.50. The number of anilines is 2. The molecule has 0 atom stereocenters. The van der Waals surface area contributed by atoms with E-state index in [1.165, 1.54) is 12.3 Å². The van der Waals surface area contributed by atoms with Gasteiger partial charge in [0, 0.05) is 17.8 Å². The fraction of sp³-hybridized carbons (Fsp3) is 0.182. The minimum Gasteiger partial charge on any atom is -0.491 e. The molecule has 0 radical (unpaired) electrons. The number of pyridine rings is 1. The van der Waals surface area contributed by atoms with Crippen LogP contribution in [0.4, 0.5) is 21.1 Å². The Labute approximate surface area is 194 Å². The van der Waals surface area contributed by atoms with Crippen LogP contribution in [-0.4, -0.2) is 30.2 Å². The minimum atomic E-state index is -0.547. The van der Waals surface area contributed by atoms with Gasteiger partial charge in [-0.25, -0.2) is 14.6 Å².